The maximum Gasteiger partial charge on any atom is 0.238 e. The average Bonchev–Trinajstić information content (AvgIpc) is 3.12. The Labute approximate surface area is 163 Å². The fourth-order valence-electron chi connectivity index (χ4n) is 3.61. The number of ether oxygens (including phenoxy) is 1. The van der Waals surface area contributed by atoms with Crippen LogP contribution in [0.25, 0.3) is 22.3 Å². The summed E-state index contributed by atoms with van der Waals surface area (Å²) in [5, 5.41) is 6.10. The monoisotopic (exact) mass is 401 g/mol. The number of H-pyrrole nitrogens is 1. The first kappa shape index (κ1) is 18.9. The predicted molar refractivity (Wildman–Crippen MR) is 108 cm³/mol. The number of nitrogens with one attached hydrogen (secondary N) is 1. The number of nitrogens with zero attached hydrogens (tertiary/aromatic N) is 3. The fraction of sp³-hybridized carbons (Fsp3) is 0.368. The van der Waals surface area contributed by atoms with Gasteiger partial charge in [-0.3, -0.25) is 0 Å². The molecule has 3 aromatic rings. The van der Waals surface area contributed by atoms with Gasteiger partial charge in [-0.05, 0) is 42.5 Å². The van der Waals surface area contributed by atoms with E-state index in [0.29, 0.717) is 5.92 Å². The summed E-state index contributed by atoms with van der Waals surface area (Å²) in [4.78, 5) is 14.4. The lowest BCUT2D eigenvalue weighted by molar-refractivity contribution is 0.0685. The largest absolute Gasteiger partial charge is 0.381 e. The Morgan fingerprint density at radius 1 is 1.21 bits per heavy atom. The van der Waals surface area contributed by atoms with Gasteiger partial charge in [0.1, 0.15) is 17.8 Å². The molecule has 1 fully saturated rings. The minimum absolute atomic E-state index is 0.0871. The summed E-state index contributed by atoms with van der Waals surface area (Å²) in [6.45, 7) is 2.56. The molecule has 8 nitrogen and oxygen atoms in total. The zero-order chi connectivity index (χ0) is 19.7. The lowest BCUT2D eigenvalue weighted by Crippen LogP contribution is -2.30. The number of fused-ring (bicyclic) bond motifs is 1. The van der Waals surface area contributed by atoms with Gasteiger partial charge in [-0.1, -0.05) is 12.1 Å². The highest BCUT2D eigenvalue weighted by Gasteiger charge is 2.19. The summed E-state index contributed by atoms with van der Waals surface area (Å²) in [6.07, 6.45) is 3.68. The van der Waals surface area contributed by atoms with Gasteiger partial charge in [-0.2, -0.15) is 0 Å². The lowest BCUT2D eigenvalue weighted by Gasteiger charge is -2.27. The van der Waals surface area contributed by atoms with Crippen molar-refractivity contribution in [2.45, 2.75) is 17.7 Å². The number of nitrogens with two attached hydrogens (primary N) is 1. The van der Waals surface area contributed by atoms with Crippen LogP contribution in [0.4, 0.5) is 5.82 Å². The molecule has 0 unspecified atom stereocenters. The van der Waals surface area contributed by atoms with Gasteiger partial charge >= 0.3 is 0 Å². The van der Waals surface area contributed by atoms with Crippen molar-refractivity contribution in [3.63, 3.8) is 0 Å². The van der Waals surface area contributed by atoms with Gasteiger partial charge in [0.2, 0.25) is 10.0 Å². The molecule has 0 atom stereocenters. The molecule has 9 heteroatoms. The number of anilines is 1. The van der Waals surface area contributed by atoms with E-state index < -0.39 is 10.0 Å². The molecule has 1 aromatic carbocycles. The van der Waals surface area contributed by atoms with Crippen molar-refractivity contribution >= 4 is 26.9 Å². The van der Waals surface area contributed by atoms with Crippen LogP contribution in [-0.2, 0) is 14.8 Å². The third kappa shape index (κ3) is 3.87. The van der Waals surface area contributed by atoms with Crippen molar-refractivity contribution in [2.75, 3.05) is 31.7 Å². The first-order chi connectivity index (χ1) is 13.4. The summed E-state index contributed by atoms with van der Waals surface area (Å²) < 4.78 is 28.3. The van der Waals surface area contributed by atoms with Crippen LogP contribution in [0.1, 0.15) is 12.8 Å². The van der Waals surface area contributed by atoms with Crippen LogP contribution in [0.5, 0.6) is 0 Å². The van der Waals surface area contributed by atoms with Crippen LogP contribution in [0.15, 0.2) is 41.6 Å². The van der Waals surface area contributed by atoms with E-state index in [2.05, 4.69) is 19.9 Å². The molecule has 148 valence electrons. The van der Waals surface area contributed by atoms with E-state index in [4.69, 9.17) is 9.88 Å². The van der Waals surface area contributed by atoms with E-state index in [1.54, 1.807) is 18.5 Å². The molecular weight excluding hydrogens is 378 g/mol. The number of hydrogen-bond donors (Lipinski definition) is 2. The van der Waals surface area contributed by atoms with Gasteiger partial charge in [0.05, 0.1) is 10.3 Å². The van der Waals surface area contributed by atoms with Crippen molar-refractivity contribution in [3.05, 3.63) is 36.7 Å². The Balaban J connectivity index is 1.63. The summed E-state index contributed by atoms with van der Waals surface area (Å²) in [5.41, 5.74) is 2.44. The second-order valence-electron chi connectivity index (χ2n) is 7.15. The number of hydrogen-bond acceptors (Lipinski definition) is 6. The zero-order valence-electron chi connectivity index (χ0n) is 15.6. The van der Waals surface area contributed by atoms with Gasteiger partial charge in [-0.15, -0.1) is 0 Å². The summed E-state index contributed by atoms with van der Waals surface area (Å²) in [5.74, 6) is 1.47. The molecule has 2 aromatic heterocycles. The van der Waals surface area contributed by atoms with Crippen LogP contribution in [-0.4, -0.2) is 50.2 Å². The Morgan fingerprint density at radius 2 is 1.93 bits per heavy atom. The van der Waals surface area contributed by atoms with Crippen molar-refractivity contribution in [2.24, 2.45) is 11.1 Å². The zero-order valence-corrected chi connectivity index (χ0v) is 16.4. The number of aromatic nitrogens is 3. The molecule has 0 radical (unpaired) electrons. The lowest BCUT2D eigenvalue weighted by atomic mass is 10.00. The Hall–Kier alpha value is -2.49. The number of sulfonamides is 1. The summed E-state index contributed by atoms with van der Waals surface area (Å²) in [6, 6.07) is 8.45. The second kappa shape index (κ2) is 7.50. The van der Waals surface area contributed by atoms with Crippen LogP contribution in [0.3, 0.4) is 0 Å². The van der Waals surface area contributed by atoms with Gasteiger partial charge in [-0.25, -0.2) is 23.5 Å². The third-order valence-electron chi connectivity index (χ3n) is 5.13. The van der Waals surface area contributed by atoms with Gasteiger partial charge in [0, 0.05) is 32.5 Å². The molecule has 1 aliphatic heterocycles. The minimum Gasteiger partial charge on any atom is -0.381 e. The van der Waals surface area contributed by atoms with E-state index in [1.807, 2.05) is 13.1 Å². The van der Waals surface area contributed by atoms with Crippen LogP contribution in [0, 0.1) is 5.92 Å². The Kier molecular flexibility index (Phi) is 5.05. The number of benzene rings is 1. The molecule has 0 bridgehead atoms. The summed E-state index contributed by atoms with van der Waals surface area (Å²) >= 11 is 0. The standard InChI is InChI=1S/C19H23N5O3S/c1-24(11-13-6-8-27-9-7-13)19-16-10-17(23-18(16)21-12-22-19)14-2-4-15(5-3-14)28(20,25)26/h2-5,10,12-13H,6-9,11H2,1H3,(H2,20,25,26)(H,21,22,23). The SMILES string of the molecule is CN(CC1CCOCC1)c1ncnc2[nH]c(-c3ccc(S(N)(=O)=O)cc3)cc12. The van der Waals surface area contributed by atoms with Crippen LogP contribution < -0.4 is 10.0 Å². The molecule has 0 spiro atoms. The average molecular weight is 401 g/mol. The predicted octanol–water partition coefficient (Wildman–Crippen LogP) is 2.14. The van der Waals surface area contributed by atoms with Crippen molar-refractivity contribution in [1.29, 1.82) is 0 Å². The molecule has 28 heavy (non-hydrogen) atoms. The maximum atomic E-state index is 11.4. The molecule has 3 heterocycles. The highest BCUT2D eigenvalue weighted by Crippen LogP contribution is 2.29. The third-order valence-corrected chi connectivity index (χ3v) is 6.06. The maximum absolute atomic E-state index is 11.4. The van der Waals surface area contributed by atoms with E-state index >= 15 is 0 Å². The van der Waals surface area contributed by atoms with Crippen molar-refractivity contribution in [3.8, 4) is 11.3 Å². The summed E-state index contributed by atoms with van der Waals surface area (Å²) in [7, 11) is -1.66. The van der Waals surface area contributed by atoms with Gasteiger partial charge in [0.15, 0.2) is 0 Å². The smallest absolute Gasteiger partial charge is 0.238 e. The molecule has 0 aliphatic carbocycles. The highest BCUT2D eigenvalue weighted by atomic mass is 32.2. The first-order valence-electron chi connectivity index (χ1n) is 9.17. The van der Waals surface area contributed by atoms with E-state index in [9.17, 15) is 8.42 Å². The van der Waals surface area contributed by atoms with Crippen molar-refractivity contribution in [1.82, 2.24) is 15.0 Å². The minimum atomic E-state index is -3.71. The van der Waals surface area contributed by atoms with Gasteiger partial charge < -0.3 is 14.6 Å². The fourth-order valence-corrected chi connectivity index (χ4v) is 4.13. The molecule has 4 rings (SSSR count). The van der Waals surface area contributed by atoms with E-state index in [0.717, 1.165) is 60.7 Å². The van der Waals surface area contributed by atoms with E-state index in [1.165, 1.54) is 12.1 Å². The molecular formula is C19H23N5O3S. The van der Waals surface area contributed by atoms with Crippen LogP contribution >= 0.6 is 0 Å². The number of primary sulfonamides is 1. The molecule has 3 N–H and O–H groups in total. The van der Waals surface area contributed by atoms with Gasteiger partial charge in [0.25, 0.3) is 0 Å². The second-order valence-corrected chi connectivity index (χ2v) is 8.71. The molecule has 0 saturated carbocycles. The molecule has 1 aliphatic rings. The Bertz CT molecular complexity index is 1070. The van der Waals surface area contributed by atoms with Crippen molar-refractivity contribution < 1.29 is 13.2 Å². The molecule has 0 amide bonds. The first-order valence-corrected chi connectivity index (χ1v) is 10.7. The number of rotatable bonds is 5. The highest BCUT2D eigenvalue weighted by molar-refractivity contribution is 7.89. The number of aromatic amines is 1. The Morgan fingerprint density at radius 3 is 2.61 bits per heavy atom. The van der Waals surface area contributed by atoms with Crippen LogP contribution in [0.2, 0.25) is 0 Å². The van der Waals surface area contributed by atoms with E-state index in [-0.39, 0.29) is 4.90 Å². The normalized spacial score (nSPS) is 15.8. The molecule has 1 saturated heterocycles. The quantitative estimate of drug-likeness (QED) is 0.677. The topological polar surface area (TPSA) is 114 Å².